The van der Waals surface area contributed by atoms with Crippen molar-refractivity contribution in [3.63, 3.8) is 0 Å². The van der Waals surface area contributed by atoms with Crippen LogP contribution in [0.15, 0.2) is 0 Å². The monoisotopic (exact) mass is 275 g/mol. The molecule has 0 amide bonds. The topological polar surface area (TPSA) is 95.2 Å². The summed E-state index contributed by atoms with van der Waals surface area (Å²) in [6.07, 6.45) is 0. The van der Waals surface area contributed by atoms with Crippen molar-refractivity contribution in [2.75, 3.05) is 24.6 Å². The Labute approximate surface area is 99.9 Å². The van der Waals surface area contributed by atoms with E-state index >= 15 is 0 Å². The van der Waals surface area contributed by atoms with E-state index < -0.39 is 10.2 Å². The minimum absolute atomic E-state index is 1.16. The summed E-state index contributed by atoms with van der Waals surface area (Å²) in [5.41, 5.74) is 0. The molecule has 0 aliphatic carbocycles. The van der Waals surface area contributed by atoms with Crippen LogP contribution < -0.4 is 18.6 Å². The number of thioether (sulfide) groups is 2. The lowest BCUT2D eigenvalue weighted by Crippen LogP contribution is -2.68. The van der Waals surface area contributed by atoms with Gasteiger partial charge in [0.25, 0.3) is 4.38 Å². The standard InChI is InChI=1S/C7H14NS2.ClHO4/c1-3-8(4-2)7-9-5-6-10-7;2-1(3,4)5/h3-6H2,1-2H3;(H,2,3,4,5)/q+1;/p-1. The van der Waals surface area contributed by atoms with Gasteiger partial charge in [0, 0.05) is 11.5 Å². The summed E-state index contributed by atoms with van der Waals surface area (Å²) in [5, 5.41) is 0. The molecule has 0 aromatic rings. The largest absolute Gasteiger partial charge is 0.270 e. The van der Waals surface area contributed by atoms with Crippen LogP contribution in [-0.4, -0.2) is 33.5 Å². The first-order chi connectivity index (χ1) is 6.88. The summed E-state index contributed by atoms with van der Waals surface area (Å²) < 4.78 is 37.9. The maximum absolute atomic E-state index is 8.49. The molecule has 1 saturated heterocycles. The van der Waals surface area contributed by atoms with Crippen molar-refractivity contribution >= 4 is 27.9 Å². The van der Waals surface area contributed by atoms with Crippen LogP contribution >= 0.6 is 23.5 Å². The molecule has 0 unspecified atom stereocenters. The maximum Gasteiger partial charge on any atom is 0.270 e. The van der Waals surface area contributed by atoms with Crippen LogP contribution in [0, 0.1) is 10.2 Å². The molecule has 0 bridgehead atoms. The normalized spacial score (nSPS) is 16.0. The first kappa shape index (κ1) is 15.5. The lowest BCUT2D eigenvalue weighted by Gasteiger charge is -2.17. The highest BCUT2D eigenvalue weighted by Gasteiger charge is 2.18. The van der Waals surface area contributed by atoms with Crippen LogP contribution in [-0.2, 0) is 0 Å². The Morgan fingerprint density at radius 2 is 1.40 bits per heavy atom. The molecule has 1 aliphatic heterocycles. The molecule has 90 valence electrons. The summed E-state index contributed by atoms with van der Waals surface area (Å²) in [6.45, 7) is 6.75. The Kier molecular flexibility index (Phi) is 7.98. The average Bonchev–Trinajstić information content (AvgIpc) is 2.56. The Balaban J connectivity index is 0.000000336. The molecule has 1 rings (SSSR count). The van der Waals surface area contributed by atoms with Gasteiger partial charge in [-0.25, -0.2) is 23.2 Å². The first-order valence-electron chi connectivity index (χ1n) is 4.37. The van der Waals surface area contributed by atoms with Crippen LogP contribution in [0.1, 0.15) is 13.8 Å². The van der Waals surface area contributed by atoms with Gasteiger partial charge in [0.2, 0.25) is 0 Å². The SMILES string of the molecule is CC[N+](CC)=C1SCCS1.[O-][Cl+3]([O-])([O-])[O-]. The zero-order valence-corrected chi connectivity index (χ0v) is 11.0. The van der Waals surface area contributed by atoms with Gasteiger partial charge in [-0.05, 0) is 37.4 Å². The first-order valence-corrected chi connectivity index (χ1v) is 7.58. The van der Waals surface area contributed by atoms with Crippen LogP contribution in [0.3, 0.4) is 0 Å². The number of nitrogens with zero attached hydrogens (tertiary/aromatic N) is 1. The average molecular weight is 276 g/mol. The molecule has 1 aliphatic rings. The van der Waals surface area contributed by atoms with Gasteiger partial charge in [-0.1, -0.05) is 0 Å². The van der Waals surface area contributed by atoms with Crippen LogP contribution in [0.2, 0.25) is 0 Å². The number of halogens is 1. The molecule has 0 saturated carbocycles. The summed E-state index contributed by atoms with van der Waals surface area (Å²) in [5.74, 6) is 2.60. The van der Waals surface area contributed by atoms with E-state index in [-0.39, 0.29) is 0 Å². The zero-order valence-electron chi connectivity index (χ0n) is 8.60. The summed E-state index contributed by atoms with van der Waals surface area (Å²) in [7, 11) is -4.94. The highest BCUT2D eigenvalue weighted by atomic mass is 35.7. The van der Waals surface area contributed by atoms with Crippen LogP contribution in [0.4, 0.5) is 0 Å². The van der Waals surface area contributed by atoms with Crippen molar-refractivity contribution in [2.24, 2.45) is 0 Å². The quantitative estimate of drug-likeness (QED) is 0.503. The molecule has 1 fully saturated rings. The lowest BCUT2D eigenvalue weighted by molar-refractivity contribution is -2.00. The predicted octanol–water partition coefficient (Wildman–Crippen LogP) is -2.88. The van der Waals surface area contributed by atoms with Gasteiger partial charge >= 0.3 is 0 Å². The Morgan fingerprint density at radius 3 is 1.67 bits per heavy atom. The van der Waals surface area contributed by atoms with Gasteiger partial charge in [-0.3, -0.25) is 0 Å². The van der Waals surface area contributed by atoms with E-state index in [4.69, 9.17) is 18.6 Å². The Hall–Kier alpha value is 0.500. The predicted molar refractivity (Wildman–Crippen MR) is 51.3 cm³/mol. The van der Waals surface area contributed by atoms with E-state index in [1.165, 1.54) is 15.9 Å². The summed E-state index contributed by atoms with van der Waals surface area (Å²) >= 11 is 4.01. The third-order valence-corrected chi connectivity index (χ3v) is 4.35. The fourth-order valence-electron chi connectivity index (χ4n) is 0.964. The van der Waals surface area contributed by atoms with E-state index in [9.17, 15) is 0 Å². The van der Waals surface area contributed by atoms with Crippen molar-refractivity contribution in [3.8, 4) is 0 Å². The minimum Gasteiger partial charge on any atom is -0.222 e. The molecule has 0 spiro atoms. The zero-order chi connectivity index (χ0) is 11.9. The van der Waals surface area contributed by atoms with Gasteiger partial charge in [-0.2, -0.15) is 0 Å². The van der Waals surface area contributed by atoms with Crippen molar-refractivity contribution in [3.05, 3.63) is 0 Å². The Bertz CT molecular complexity index is 200. The van der Waals surface area contributed by atoms with Gasteiger partial charge in [-0.15, -0.1) is 10.2 Å². The fraction of sp³-hybridized carbons (Fsp3) is 0.857. The molecule has 0 N–H and O–H groups in total. The molecule has 1 heterocycles. The fourth-order valence-corrected chi connectivity index (χ4v) is 3.69. The van der Waals surface area contributed by atoms with E-state index in [1.807, 2.05) is 23.5 Å². The summed E-state index contributed by atoms with van der Waals surface area (Å²) in [6, 6.07) is 0. The second kappa shape index (κ2) is 7.72. The van der Waals surface area contributed by atoms with E-state index in [1.54, 1.807) is 0 Å². The smallest absolute Gasteiger partial charge is 0.222 e. The molecule has 0 atom stereocenters. The number of hydrogen-bond acceptors (Lipinski definition) is 6. The van der Waals surface area contributed by atoms with Crippen LogP contribution in [0.5, 0.6) is 0 Å². The molecular weight excluding hydrogens is 262 g/mol. The molecule has 5 nitrogen and oxygen atoms in total. The maximum atomic E-state index is 8.49. The molecule has 0 radical (unpaired) electrons. The molecule has 8 heteroatoms. The number of hydrogen-bond donors (Lipinski definition) is 0. The van der Waals surface area contributed by atoms with E-state index in [2.05, 4.69) is 18.4 Å². The van der Waals surface area contributed by atoms with E-state index in [0.29, 0.717) is 0 Å². The van der Waals surface area contributed by atoms with Crippen molar-refractivity contribution in [1.82, 2.24) is 0 Å². The van der Waals surface area contributed by atoms with Crippen molar-refractivity contribution in [1.29, 1.82) is 0 Å². The van der Waals surface area contributed by atoms with E-state index in [0.717, 1.165) is 13.1 Å². The molecular formula is C7H14ClNO4S2. The van der Waals surface area contributed by atoms with Crippen molar-refractivity contribution < 1.29 is 33.5 Å². The third kappa shape index (κ3) is 9.43. The highest BCUT2D eigenvalue weighted by Crippen LogP contribution is 2.25. The van der Waals surface area contributed by atoms with Crippen molar-refractivity contribution in [2.45, 2.75) is 13.8 Å². The molecule has 0 aromatic heterocycles. The molecule has 15 heavy (non-hydrogen) atoms. The van der Waals surface area contributed by atoms with Crippen LogP contribution in [0.25, 0.3) is 0 Å². The second-order valence-corrected chi connectivity index (χ2v) is 5.69. The molecule has 0 aromatic carbocycles. The van der Waals surface area contributed by atoms with Gasteiger partial charge < -0.3 is 0 Å². The minimum atomic E-state index is -4.94. The van der Waals surface area contributed by atoms with Gasteiger partial charge in [0.05, 0.1) is 0 Å². The Morgan fingerprint density at radius 1 is 1.07 bits per heavy atom. The van der Waals surface area contributed by atoms with Gasteiger partial charge in [0.15, 0.2) is 0 Å². The lowest BCUT2D eigenvalue weighted by atomic mass is 10.6. The second-order valence-electron chi connectivity index (χ2n) is 2.51. The third-order valence-electron chi connectivity index (χ3n) is 1.56. The van der Waals surface area contributed by atoms with Gasteiger partial charge in [0.1, 0.15) is 13.1 Å². The summed E-state index contributed by atoms with van der Waals surface area (Å²) in [4.78, 5) is 0. The number of rotatable bonds is 2. The highest BCUT2D eigenvalue weighted by molar-refractivity contribution is 8.41.